The van der Waals surface area contributed by atoms with Crippen LogP contribution in [0, 0.1) is 6.92 Å². The number of ether oxygens (including phenoxy) is 2. The molecule has 4 rings (SSSR count). The van der Waals surface area contributed by atoms with E-state index in [1.807, 2.05) is 78.9 Å². The van der Waals surface area contributed by atoms with Crippen molar-refractivity contribution in [2.45, 2.75) is 6.92 Å². The molecule has 28 heavy (non-hydrogen) atoms. The van der Waals surface area contributed by atoms with Gasteiger partial charge in [0.25, 0.3) is 0 Å². The molecular weight excluding hydrogens is 348 g/mol. The minimum atomic E-state index is 0.207. The summed E-state index contributed by atoms with van der Waals surface area (Å²) in [5.41, 5.74) is 1.21. The van der Waals surface area contributed by atoms with Crippen LogP contribution in [0.4, 0.5) is 0 Å². The summed E-state index contributed by atoms with van der Waals surface area (Å²) in [5.74, 6) is 3.36. The monoisotopic (exact) mass is 370 g/mol. The lowest BCUT2D eigenvalue weighted by molar-refractivity contribution is 0.455. The quantitative estimate of drug-likeness (QED) is 0.421. The molecule has 0 aliphatic rings. The summed E-state index contributed by atoms with van der Waals surface area (Å²) in [6.07, 6.45) is 0. The predicted molar refractivity (Wildman–Crippen MR) is 112 cm³/mol. The zero-order valence-corrected chi connectivity index (χ0v) is 15.7. The second kappa shape index (κ2) is 9.83. The maximum absolute atomic E-state index is 9.21. The Labute approximate surface area is 165 Å². The van der Waals surface area contributed by atoms with Gasteiger partial charge in [-0.05, 0) is 61.0 Å². The van der Waals surface area contributed by atoms with Crippen LogP contribution in [0.2, 0.25) is 0 Å². The average molecular weight is 370 g/mol. The third-order valence-corrected chi connectivity index (χ3v) is 3.76. The van der Waals surface area contributed by atoms with E-state index in [9.17, 15) is 5.11 Å². The maximum Gasteiger partial charge on any atom is 0.131 e. The predicted octanol–water partition coefficient (Wildman–Crippen LogP) is 6.97. The van der Waals surface area contributed by atoms with Crippen molar-refractivity contribution < 1.29 is 14.6 Å². The van der Waals surface area contributed by atoms with Crippen LogP contribution in [0.3, 0.4) is 0 Å². The second-order valence-corrected chi connectivity index (χ2v) is 6.14. The van der Waals surface area contributed by atoms with Crippen LogP contribution < -0.4 is 9.47 Å². The molecule has 0 atom stereocenters. The van der Waals surface area contributed by atoms with Crippen molar-refractivity contribution in [3.63, 3.8) is 0 Å². The van der Waals surface area contributed by atoms with Crippen LogP contribution >= 0.6 is 0 Å². The van der Waals surface area contributed by atoms with Crippen molar-refractivity contribution in [2.24, 2.45) is 0 Å². The number of aryl methyl sites for hydroxylation is 1. The topological polar surface area (TPSA) is 38.7 Å². The highest BCUT2D eigenvalue weighted by molar-refractivity contribution is 5.36. The van der Waals surface area contributed by atoms with Gasteiger partial charge >= 0.3 is 0 Å². The summed E-state index contributed by atoms with van der Waals surface area (Å²) < 4.78 is 11.2. The van der Waals surface area contributed by atoms with Gasteiger partial charge in [0.2, 0.25) is 0 Å². The molecule has 0 saturated carbocycles. The van der Waals surface area contributed by atoms with E-state index in [0.717, 1.165) is 17.2 Å². The first-order valence-electron chi connectivity index (χ1n) is 9.00. The molecule has 4 aromatic rings. The largest absolute Gasteiger partial charge is 0.508 e. The first kappa shape index (κ1) is 19.1. The van der Waals surface area contributed by atoms with Crippen molar-refractivity contribution in [3.05, 3.63) is 115 Å². The molecule has 0 heterocycles. The van der Waals surface area contributed by atoms with Crippen LogP contribution in [0.25, 0.3) is 0 Å². The third-order valence-electron chi connectivity index (χ3n) is 3.76. The number of para-hydroxylation sites is 2. The number of hydrogen-bond donors (Lipinski definition) is 1. The smallest absolute Gasteiger partial charge is 0.131 e. The highest BCUT2D eigenvalue weighted by Crippen LogP contribution is 2.24. The molecule has 0 aliphatic heterocycles. The Morgan fingerprint density at radius 1 is 0.500 bits per heavy atom. The van der Waals surface area contributed by atoms with Gasteiger partial charge in [-0.15, -0.1) is 0 Å². The Morgan fingerprint density at radius 3 is 1.46 bits per heavy atom. The number of hydrogen-bond acceptors (Lipinski definition) is 3. The Balaban J connectivity index is 0.000000161. The standard InChI is InChI=1S/C13H12O.C12H10O2/c1-11-6-5-9-13(10-11)14-12-7-3-2-4-8-12;13-10-5-4-8-12(9-10)14-11-6-2-1-3-7-11/h2-10H,1H3;1-9,13H. The summed E-state index contributed by atoms with van der Waals surface area (Å²) in [7, 11) is 0. The van der Waals surface area contributed by atoms with Crippen molar-refractivity contribution >= 4 is 0 Å². The molecule has 0 amide bonds. The number of aromatic hydroxyl groups is 1. The summed E-state index contributed by atoms with van der Waals surface area (Å²) >= 11 is 0. The minimum absolute atomic E-state index is 0.207. The van der Waals surface area contributed by atoms with E-state index in [1.165, 1.54) is 5.56 Å². The first-order chi connectivity index (χ1) is 13.7. The highest BCUT2D eigenvalue weighted by atomic mass is 16.5. The van der Waals surface area contributed by atoms with E-state index in [1.54, 1.807) is 24.3 Å². The molecule has 0 bridgehead atoms. The van der Waals surface area contributed by atoms with Crippen molar-refractivity contribution in [1.29, 1.82) is 0 Å². The van der Waals surface area contributed by atoms with E-state index < -0.39 is 0 Å². The average Bonchev–Trinajstić information content (AvgIpc) is 2.70. The Kier molecular flexibility index (Phi) is 6.69. The Bertz CT molecular complexity index is 900. The summed E-state index contributed by atoms with van der Waals surface area (Å²) in [6, 6.07) is 34.0. The molecule has 0 saturated heterocycles. The van der Waals surface area contributed by atoms with Gasteiger partial charge in [-0.2, -0.15) is 0 Å². The molecule has 4 aromatic carbocycles. The van der Waals surface area contributed by atoms with Gasteiger partial charge in [0.1, 0.15) is 28.7 Å². The van der Waals surface area contributed by atoms with Gasteiger partial charge in [-0.3, -0.25) is 0 Å². The summed E-state index contributed by atoms with van der Waals surface area (Å²) in [5, 5.41) is 9.21. The fourth-order valence-corrected chi connectivity index (χ4v) is 2.48. The van der Waals surface area contributed by atoms with Crippen molar-refractivity contribution in [3.8, 4) is 28.7 Å². The molecule has 3 heteroatoms. The molecule has 0 radical (unpaired) electrons. The van der Waals surface area contributed by atoms with Gasteiger partial charge in [-0.1, -0.05) is 54.6 Å². The number of phenols is 1. The van der Waals surface area contributed by atoms with Gasteiger partial charge in [0.05, 0.1) is 0 Å². The van der Waals surface area contributed by atoms with E-state index in [-0.39, 0.29) is 5.75 Å². The number of rotatable bonds is 4. The van der Waals surface area contributed by atoms with Crippen molar-refractivity contribution in [2.75, 3.05) is 0 Å². The normalized spacial score (nSPS) is 9.75. The van der Waals surface area contributed by atoms with E-state index in [2.05, 4.69) is 13.0 Å². The summed E-state index contributed by atoms with van der Waals surface area (Å²) in [6.45, 7) is 2.05. The lowest BCUT2D eigenvalue weighted by Gasteiger charge is -2.05. The Hall–Kier alpha value is -3.72. The maximum atomic E-state index is 9.21. The first-order valence-corrected chi connectivity index (χ1v) is 9.00. The van der Waals surface area contributed by atoms with Crippen LogP contribution in [-0.2, 0) is 0 Å². The van der Waals surface area contributed by atoms with Gasteiger partial charge < -0.3 is 14.6 Å². The van der Waals surface area contributed by atoms with Crippen LogP contribution in [0.15, 0.2) is 109 Å². The molecule has 0 aromatic heterocycles. The summed E-state index contributed by atoms with van der Waals surface area (Å²) in [4.78, 5) is 0. The van der Waals surface area contributed by atoms with Crippen LogP contribution in [0.1, 0.15) is 5.56 Å². The minimum Gasteiger partial charge on any atom is -0.508 e. The molecule has 1 N–H and O–H groups in total. The molecule has 0 unspecified atom stereocenters. The number of benzene rings is 4. The molecule has 140 valence electrons. The van der Waals surface area contributed by atoms with Crippen LogP contribution in [0.5, 0.6) is 28.7 Å². The molecular formula is C25H22O3. The van der Waals surface area contributed by atoms with Crippen LogP contribution in [-0.4, -0.2) is 5.11 Å². The second-order valence-electron chi connectivity index (χ2n) is 6.14. The SMILES string of the molecule is Cc1cccc(Oc2ccccc2)c1.Oc1cccc(Oc2ccccc2)c1. The van der Waals surface area contributed by atoms with Gasteiger partial charge in [-0.25, -0.2) is 0 Å². The fourth-order valence-electron chi connectivity index (χ4n) is 2.48. The molecule has 0 spiro atoms. The van der Waals surface area contributed by atoms with Crippen molar-refractivity contribution in [1.82, 2.24) is 0 Å². The van der Waals surface area contributed by atoms with E-state index in [4.69, 9.17) is 9.47 Å². The zero-order valence-electron chi connectivity index (χ0n) is 15.7. The molecule has 0 aliphatic carbocycles. The van der Waals surface area contributed by atoms with Gasteiger partial charge in [0.15, 0.2) is 0 Å². The third kappa shape index (κ3) is 6.22. The number of phenolic OH excluding ortho intramolecular Hbond substituents is 1. The Morgan fingerprint density at radius 2 is 0.964 bits per heavy atom. The fraction of sp³-hybridized carbons (Fsp3) is 0.0400. The van der Waals surface area contributed by atoms with E-state index >= 15 is 0 Å². The zero-order chi connectivity index (χ0) is 19.6. The van der Waals surface area contributed by atoms with E-state index in [0.29, 0.717) is 5.75 Å². The highest BCUT2D eigenvalue weighted by Gasteiger charge is 1.96. The molecule has 3 nitrogen and oxygen atoms in total. The van der Waals surface area contributed by atoms with Gasteiger partial charge in [0, 0.05) is 6.07 Å². The molecule has 0 fully saturated rings. The lowest BCUT2D eigenvalue weighted by Crippen LogP contribution is -1.83. The lowest BCUT2D eigenvalue weighted by atomic mass is 10.2.